The molecular weight excluding hydrogens is 262 g/mol. The van der Waals surface area contributed by atoms with Gasteiger partial charge in [0.25, 0.3) is 0 Å². The van der Waals surface area contributed by atoms with E-state index < -0.39 is 6.10 Å². The highest BCUT2D eigenvalue weighted by atomic mass is 35.5. The Bertz CT molecular complexity index is 714. The normalized spacial score (nSPS) is 12.8. The Morgan fingerprint density at radius 2 is 2.00 bits per heavy atom. The minimum Gasteiger partial charge on any atom is -0.382 e. The predicted molar refractivity (Wildman–Crippen MR) is 74.0 cm³/mol. The lowest BCUT2D eigenvalue weighted by Gasteiger charge is -2.14. The molecule has 0 radical (unpaired) electrons. The number of nitrogens with zero attached hydrogens (tertiary/aromatic N) is 3. The van der Waals surface area contributed by atoms with Crippen molar-refractivity contribution in [2.75, 3.05) is 0 Å². The van der Waals surface area contributed by atoms with Gasteiger partial charge in [-0.25, -0.2) is 0 Å². The molecule has 2 aromatic heterocycles. The molecule has 0 spiro atoms. The summed E-state index contributed by atoms with van der Waals surface area (Å²) < 4.78 is 1.58. The van der Waals surface area contributed by atoms with E-state index in [1.165, 1.54) is 6.20 Å². The van der Waals surface area contributed by atoms with Crippen molar-refractivity contribution in [3.8, 4) is 0 Å². The Hall–Kier alpha value is -1.91. The number of fused-ring (bicyclic) bond motifs is 1. The summed E-state index contributed by atoms with van der Waals surface area (Å²) in [7, 11) is 1.75. The number of rotatable bonds is 2. The van der Waals surface area contributed by atoms with Gasteiger partial charge in [0, 0.05) is 30.4 Å². The monoisotopic (exact) mass is 273 g/mol. The third kappa shape index (κ3) is 1.99. The number of aromatic nitrogens is 3. The number of halogens is 1. The fourth-order valence-electron chi connectivity index (χ4n) is 2.23. The van der Waals surface area contributed by atoms with E-state index in [4.69, 9.17) is 11.6 Å². The van der Waals surface area contributed by atoms with E-state index in [1.807, 2.05) is 24.3 Å². The van der Waals surface area contributed by atoms with Crippen LogP contribution in [-0.2, 0) is 7.05 Å². The van der Waals surface area contributed by atoms with Gasteiger partial charge in [0.15, 0.2) is 0 Å². The van der Waals surface area contributed by atoms with E-state index in [1.54, 1.807) is 24.1 Å². The highest BCUT2D eigenvalue weighted by molar-refractivity contribution is 6.31. The lowest BCUT2D eigenvalue weighted by Crippen LogP contribution is -2.08. The van der Waals surface area contributed by atoms with Crippen LogP contribution in [0.4, 0.5) is 0 Å². The van der Waals surface area contributed by atoms with Crippen LogP contribution in [0.5, 0.6) is 0 Å². The van der Waals surface area contributed by atoms with Crippen LogP contribution in [0.25, 0.3) is 10.8 Å². The van der Waals surface area contributed by atoms with Gasteiger partial charge in [-0.3, -0.25) is 9.67 Å². The maximum Gasteiger partial charge on any atom is 0.124 e. The summed E-state index contributed by atoms with van der Waals surface area (Å²) in [6.07, 6.45) is 4.12. The zero-order chi connectivity index (χ0) is 13.4. The summed E-state index contributed by atoms with van der Waals surface area (Å²) in [5.74, 6) is 0. The molecule has 1 unspecified atom stereocenters. The van der Waals surface area contributed by atoms with Crippen LogP contribution >= 0.6 is 11.6 Å². The molecule has 3 aromatic rings. The van der Waals surface area contributed by atoms with Gasteiger partial charge in [0.2, 0.25) is 0 Å². The quantitative estimate of drug-likeness (QED) is 0.781. The number of benzene rings is 1. The van der Waals surface area contributed by atoms with Crippen molar-refractivity contribution < 1.29 is 5.11 Å². The molecule has 1 aromatic carbocycles. The van der Waals surface area contributed by atoms with Gasteiger partial charge in [-0.15, -0.1) is 0 Å². The van der Waals surface area contributed by atoms with Crippen LogP contribution in [0.15, 0.2) is 42.9 Å². The smallest absolute Gasteiger partial charge is 0.124 e. The van der Waals surface area contributed by atoms with E-state index in [2.05, 4.69) is 10.1 Å². The Balaban J connectivity index is 2.20. The summed E-state index contributed by atoms with van der Waals surface area (Å²) >= 11 is 6.08. The average Bonchev–Trinajstić information content (AvgIpc) is 2.77. The third-order valence-corrected chi connectivity index (χ3v) is 3.48. The van der Waals surface area contributed by atoms with Crippen LogP contribution in [0.1, 0.15) is 17.4 Å². The van der Waals surface area contributed by atoms with Crippen molar-refractivity contribution in [1.29, 1.82) is 0 Å². The van der Waals surface area contributed by atoms with Crippen molar-refractivity contribution in [3.05, 3.63) is 59.1 Å². The van der Waals surface area contributed by atoms with Crippen LogP contribution in [0, 0.1) is 0 Å². The molecule has 96 valence electrons. The number of aliphatic hydroxyl groups excluding tert-OH is 1. The SMILES string of the molecule is Cn1ncc(Cl)c1C(O)c1cncc2ccccc12. The second-order valence-corrected chi connectivity index (χ2v) is 4.76. The van der Waals surface area contributed by atoms with Gasteiger partial charge in [-0.05, 0) is 5.39 Å². The largest absolute Gasteiger partial charge is 0.382 e. The summed E-state index contributed by atoms with van der Waals surface area (Å²) in [6, 6.07) is 7.80. The Morgan fingerprint density at radius 1 is 1.21 bits per heavy atom. The molecule has 3 rings (SSSR count). The molecule has 4 nitrogen and oxygen atoms in total. The van der Waals surface area contributed by atoms with Crippen molar-refractivity contribution in [2.24, 2.45) is 7.05 Å². The van der Waals surface area contributed by atoms with Gasteiger partial charge in [0.1, 0.15) is 6.10 Å². The topological polar surface area (TPSA) is 50.9 Å². The molecule has 0 aliphatic rings. The van der Waals surface area contributed by atoms with E-state index in [9.17, 15) is 5.11 Å². The van der Waals surface area contributed by atoms with E-state index >= 15 is 0 Å². The molecule has 2 heterocycles. The summed E-state index contributed by atoms with van der Waals surface area (Å²) in [4.78, 5) is 4.17. The van der Waals surface area contributed by atoms with Crippen molar-refractivity contribution in [1.82, 2.24) is 14.8 Å². The zero-order valence-electron chi connectivity index (χ0n) is 10.3. The van der Waals surface area contributed by atoms with Crippen LogP contribution in [-0.4, -0.2) is 19.9 Å². The molecule has 1 atom stereocenters. The predicted octanol–water partition coefficient (Wildman–Crippen LogP) is 2.70. The van der Waals surface area contributed by atoms with E-state index in [0.29, 0.717) is 10.7 Å². The van der Waals surface area contributed by atoms with E-state index in [0.717, 1.165) is 16.3 Å². The van der Waals surface area contributed by atoms with Crippen molar-refractivity contribution in [3.63, 3.8) is 0 Å². The van der Waals surface area contributed by atoms with Crippen molar-refractivity contribution >= 4 is 22.4 Å². The van der Waals surface area contributed by atoms with Crippen LogP contribution in [0.2, 0.25) is 5.02 Å². The fraction of sp³-hybridized carbons (Fsp3) is 0.143. The molecule has 0 aliphatic carbocycles. The van der Waals surface area contributed by atoms with E-state index in [-0.39, 0.29) is 0 Å². The second kappa shape index (κ2) is 4.64. The number of pyridine rings is 1. The number of hydrogen-bond donors (Lipinski definition) is 1. The zero-order valence-corrected chi connectivity index (χ0v) is 11.0. The van der Waals surface area contributed by atoms with Gasteiger partial charge in [0.05, 0.1) is 16.9 Å². The maximum atomic E-state index is 10.6. The summed E-state index contributed by atoms with van der Waals surface area (Å²) in [5, 5.41) is 17.0. The Kier molecular flexibility index (Phi) is 2.97. The first-order valence-electron chi connectivity index (χ1n) is 5.86. The molecular formula is C14H12ClN3O. The lowest BCUT2D eigenvalue weighted by atomic mass is 10.0. The highest BCUT2D eigenvalue weighted by Crippen LogP contribution is 2.31. The van der Waals surface area contributed by atoms with Crippen molar-refractivity contribution in [2.45, 2.75) is 6.10 Å². The highest BCUT2D eigenvalue weighted by Gasteiger charge is 2.20. The van der Waals surface area contributed by atoms with Crippen LogP contribution < -0.4 is 0 Å². The average molecular weight is 274 g/mol. The Labute approximate surface area is 115 Å². The number of hydrogen-bond acceptors (Lipinski definition) is 3. The third-order valence-electron chi connectivity index (χ3n) is 3.19. The molecule has 0 fully saturated rings. The lowest BCUT2D eigenvalue weighted by molar-refractivity contribution is 0.211. The first-order valence-corrected chi connectivity index (χ1v) is 6.24. The Morgan fingerprint density at radius 3 is 2.74 bits per heavy atom. The summed E-state index contributed by atoms with van der Waals surface area (Å²) in [6.45, 7) is 0. The minimum atomic E-state index is -0.849. The molecule has 5 heteroatoms. The fourth-order valence-corrected chi connectivity index (χ4v) is 2.50. The van der Waals surface area contributed by atoms with Gasteiger partial charge >= 0.3 is 0 Å². The second-order valence-electron chi connectivity index (χ2n) is 4.35. The minimum absolute atomic E-state index is 0.447. The summed E-state index contributed by atoms with van der Waals surface area (Å²) in [5.41, 5.74) is 1.29. The van der Waals surface area contributed by atoms with Gasteiger partial charge < -0.3 is 5.11 Å². The molecule has 0 saturated carbocycles. The molecule has 0 aliphatic heterocycles. The van der Waals surface area contributed by atoms with Gasteiger partial charge in [-0.2, -0.15) is 5.10 Å². The first kappa shape index (κ1) is 12.1. The molecule has 1 N–H and O–H groups in total. The number of aryl methyl sites for hydroxylation is 1. The molecule has 0 saturated heterocycles. The molecule has 19 heavy (non-hydrogen) atoms. The molecule has 0 bridgehead atoms. The number of aliphatic hydroxyl groups is 1. The standard InChI is InChI=1S/C14H12ClN3O/c1-18-13(12(15)8-17-18)14(19)11-7-16-6-9-4-2-3-5-10(9)11/h2-8,14,19H,1H3. The molecule has 0 amide bonds. The van der Waals surface area contributed by atoms with Gasteiger partial charge in [-0.1, -0.05) is 35.9 Å². The maximum absolute atomic E-state index is 10.6. The van der Waals surface area contributed by atoms with Crippen LogP contribution in [0.3, 0.4) is 0 Å². The first-order chi connectivity index (χ1) is 9.18.